The number of hydrogen-bond donors (Lipinski definition) is 2. The highest BCUT2D eigenvalue weighted by atomic mass is 32.2. The number of rotatable bonds is 6. The SMILES string of the molecule is Cc1ccc(SCC(=O)NCC2(C(=O)O)CCC2)cc1. The van der Waals surface area contributed by atoms with E-state index in [0.717, 1.165) is 11.3 Å². The summed E-state index contributed by atoms with van der Waals surface area (Å²) in [4.78, 5) is 24.0. The molecule has 0 radical (unpaired) electrons. The molecule has 0 heterocycles. The monoisotopic (exact) mass is 293 g/mol. The molecule has 1 aromatic carbocycles. The molecule has 0 unspecified atom stereocenters. The second-order valence-corrected chi connectivity index (χ2v) is 6.37. The van der Waals surface area contributed by atoms with E-state index in [1.807, 2.05) is 31.2 Å². The van der Waals surface area contributed by atoms with Crippen molar-refractivity contribution in [2.24, 2.45) is 5.41 Å². The zero-order valence-electron chi connectivity index (χ0n) is 11.5. The van der Waals surface area contributed by atoms with Crippen molar-refractivity contribution in [2.75, 3.05) is 12.3 Å². The van der Waals surface area contributed by atoms with Gasteiger partial charge in [-0.2, -0.15) is 0 Å². The number of amides is 1. The van der Waals surface area contributed by atoms with Crippen LogP contribution >= 0.6 is 11.8 Å². The van der Waals surface area contributed by atoms with Gasteiger partial charge in [0.15, 0.2) is 0 Å². The van der Waals surface area contributed by atoms with Gasteiger partial charge in [0.05, 0.1) is 11.2 Å². The number of carbonyl (C=O) groups excluding carboxylic acids is 1. The molecular weight excluding hydrogens is 274 g/mol. The number of nitrogens with one attached hydrogen (secondary N) is 1. The van der Waals surface area contributed by atoms with Crippen LogP contribution in [0.3, 0.4) is 0 Å². The lowest BCUT2D eigenvalue weighted by Gasteiger charge is -2.37. The first kappa shape index (κ1) is 14.9. The van der Waals surface area contributed by atoms with Gasteiger partial charge in [-0.1, -0.05) is 24.1 Å². The molecular formula is C15H19NO3S. The molecule has 0 bridgehead atoms. The van der Waals surface area contributed by atoms with Gasteiger partial charge >= 0.3 is 5.97 Å². The molecule has 20 heavy (non-hydrogen) atoms. The second-order valence-electron chi connectivity index (χ2n) is 5.32. The summed E-state index contributed by atoms with van der Waals surface area (Å²) in [5.41, 5.74) is 0.469. The smallest absolute Gasteiger partial charge is 0.311 e. The largest absolute Gasteiger partial charge is 0.481 e. The molecule has 0 aromatic heterocycles. The van der Waals surface area contributed by atoms with E-state index >= 15 is 0 Å². The fourth-order valence-corrected chi connectivity index (χ4v) is 2.90. The van der Waals surface area contributed by atoms with E-state index in [4.69, 9.17) is 0 Å². The van der Waals surface area contributed by atoms with Crippen molar-refractivity contribution >= 4 is 23.6 Å². The molecule has 5 heteroatoms. The van der Waals surface area contributed by atoms with Gasteiger partial charge in [0.25, 0.3) is 0 Å². The third kappa shape index (κ3) is 3.54. The number of carboxylic acid groups (broad SMARTS) is 1. The van der Waals surface area contributed by atoms with E-state index in [1.165, 1.54) is 17.3 Å². The summed E-state index contributed by atoms with van der Waals surface area (Å²) in [7, 11) is 0. The number of carbonyl (C=O) groups is 2. The number of hydrogen-bond acceptors (Lipinski definition) is 3. The summed E-state index contributed by atoms with van der Waals surface area (Å²) in [6.45, 7) is 2.26. The zero-order valence-corrected chi connectivity index (χ0v) is 12.3. The van der Waals surface area contributed by atoms with Crippen molar-refractivity contribution < 1.29 is 14.7 Å². The topological polar surface area (TPSA) is 66.4 Å². The minimum absolute atomic E-state index is 0.108. The van der Waals surface area contributed by atoms with Gasteiger partial charge in [0.2, 0.25) is 5.91 Å². The van der Waals surface area contributed by atoms with Crippen molar-refractivity contribution in [3.63, 3.8) is 0 Å². The highest BCUT2D eigenvalue weighted by Gasteiger charge is 2.44. The normalized spacial score (nSPS) is 16.2. The summed E-state index contributed by atoms with van der Waals surface area (Å²) in [5.74, 6) is -0.586. The Kier molecular flexibility index (Phi) is 4.70. The summed E-state index contributed by atoms with van der Waals surface area (Å²) in [6.07, 6.45) is 2.25. The molecule has 4 nitrogen and oxygen atoms in total. The van der Waals surface area contributed by atoms with Crippen LogP contribution in [0.15, 0.2) is 29.2 Å². The predicted octanol–water partition coefficient (Wildman–Crippen LogP) is 2.46. The maximum atomic E-state index is 11.8. The van der Waals surface area contributed by atoms with Gasteiger partial charge in [-0.3, -0.25) is 9.59 Å². The number of thioether (sulfide) groups is 1. The van der Waals surface area contributed by atoms with Crippen molar-refractivity contribution in [1.29, 1.82) is 0 Å². The first-order chi connectivity index (χ1) is 9.52. The lowest BCUT2D eigenvalue weighted by atomic mass is 9.69. The highest BCUT2D eigenvalue weighted by Crippen LogP contribution is 2.40. The van der Waals surface area contributed by atoms with Crippen molar-refractivity contribution in [3.05, 3.63) is 29.8 Å². The Morgan fingerprint density at radius 2 is 1.95 bits per heavy atom. The Labute approximate surface area is 123 Å². The molecule has 1 aliphatic rings. The lowest BCUT2D eigenvalue weighted by molar-refractivity contribution is -0.154. The zero-order chi connectivity index (χ0) is 14.6. The van der Waals surface area contributed by atoms with E-state index in [0.29, 0.717) is 18.6 Å². The summed E-state index contributed by atoms with van der Waals surface area (Å²) < 4.78 is 0. The van der Waals surface area contributed by atoms with Gasteiger partial charge in [-0.05, 0) is 31.9 Å². The molecule has 2 N–H and O–H groups in total. The minimum Gasteiger partial charge on any atom is -0.481 e. The predicted molar refractivity (Wildman–Crippen MR) is 78.8 cm³/mol. The average molecular weight is 293 g/mol. The number of carboxylic acids is 1. The summed E-state index contributed by atoms with van der Waals surface area (Å²) >= 11 is 1.46. The number of aliphatic carboxylic acids is 1. The highest BCUT2D eigenvalue weighted by molar-refractivity contribution is 8.00. The molecule has 1 amide bonds. The van der Waals surface area contributed by atoms with Gasteiger partial charge in [0.1, 0.15) is 0 Å². The molecule has 0 aliphatic heterocycles. The third-order valence-corrected chi connectivity index (χ3v) is 4.79. The molecule has 1 aliphatic carbocycles. The third-order valence-electron chi connectivity index (χ3n) is 3.78. The van der Waals surface area contributed by atoms with Crippen LogP contribution in [0.25, 0.3) is 0 Å². The van der Waals surface area contributed by atoms with Crippen LogP contribution < -0.4 is 5.32 Å². The Morgan fingerprint density at radius 1 is 1.30 bits per heavy atom. The molecule has 1 fully saturated rings. The first-order valence-corrected chi connectivity index (χ1v) is 7.70. The quantitative estimate of drug-likeness (QED) is 0.791. The van der Waals surface area contributed by atoms with Crippen molar-refractivity contribution in [1.82, 2.24) is 5.32 Å². The first-order valence-electron chi connectivity index (χ1n) is 6.71. The fraction of sp³-hybridized carbons (Fsp3) is 0.467. The van der Waals surface area contributed by atoms with Crippen LogP contribution in [-0.4, -0.2) is 29.3 Å². The Balaban J connectivity index is 1.75. The van der Waals surface area contributed by atoms with E-state index in [2.05, 4.69) is 5.32 Å². The van der Waals surface area contributed by atoms with Crippen LogP contribution in [0, 0.1) is 12.3 Å². The number of aryl methyl sites for hydroxylation is 1. The maximum absolute atomic E-state index is 11.8. The van der Waals surface area contributed by atoms with Gasteiger partial charge in [0, 0.05) is 11.4 Å². The molecule has 1 aromatic rings. The van der Waals surface area contributed by atoms with Gasteiger partial charge in [-0.15, -0.1) is 11.8 Å². The Bertz CT molecular complexity index is 494. The molecule has 0 atom stereocenters. The Hall–Kier alpha value is -1.49. The second kappa shape index (κ2) is 6.31. The van der Waals surface area contributed by atoms with E-state index in [9.17, 15) is 14.7 Å². The average Bonchev–Trinajstić information content (AvgIpc) is 2.36. The standard InChI is InChI=1S/C15H19NO3S/c1-11-3-5-12(6-4-11)20-9-13(17)16-10-15(14(18)19)7-2-8-15/h3-6H,2,7-10H2,1H3,(H,16,17)(H,18,19). The molecule has 1 saturated carbocycles. The van der Waals surface area contributed by atoms with Crippen LogP contribution in [0.1, 0.15) is 24.8 Å². The Morgan fingerprint density at radius 3 is 2.45 bits per heavy atom. The summed E-state index contributed by atoms with van der Waals surface area (Å²) in [5, 5.41) is 11.9. The van der Waals surface area contributed by atoms with Crippen LogP contribution in [-0.2, 0) is 9.59 Å². The van der Waals surface area contributed by atoms with Crippen LogP contribution in [0.5, 0.6) is 0 Å². The summed E-state index contributed by atoms with van der Waals surface area (Å²) in [6, 6.07) is 7.98. The lowest BCUT2D eigenvalue weighted by Crippen LogP contribution is -2.47. The van der Waals surface area contributed by atoms with Gasteiger partial charge < -0.3 is 10.4 Å². The maximum Gasteiger partial charge on any atom is 0.311 e. The molecule has 0 saturated heterocycles. The fourth-order valence-electron chi connectivity index (χ4n) is 2.17. The molecule has 2 rings (SSSR count). The molecule has 108 valence electrons. The minimum atomic E-state index is -0.796. The number of benzene rings is 1. The van der Waals surface area contributed by atoms with E-state index in [1.54, 1.807) is 0 Å². The molecule has 0 spiro atoms. The van der Waals surface area contributed by atoms with Crippen LogP contribution in [0.2, 0.25) is 0 Å². The van der Waals surface area contributed by atoms with Crippen molar-refractivity contribution in [3.8, 4) is 0 Å². The van der Waals surface area contributed by atoms with E-state index in [-0.39, 0.29) is 12.5 Å². The van der Waals surface area contributed by atoms with Crippen molar-refractivity contribution in [2.45, 2.75) is 31.1 Å². The van der Waals surface area contributed by atoms with Crippen LogP contribution in [0.4, 0.5) is 0 Å². The van der Waals surface area contributed by atoms with Gasteiger partial charge in [-0.25, -0.2) is 0 Å². The van der Waals surface area contributed by atoms with E-state index < -0.39 is 11.4 Å².